The van der Waals surface area contributed by atoms with Crippen LogP contribution in [-0.2, 0) is 27.1 Å². The van der Waals surface area contributed by atoms with Crippen LogP contribution in [0.2, 0.25) is 0 Å². The molecule has 0 radical (unpaired) electrons. The number of aromatic hydroxyl groups is 2. The lowest BCUT2D eigenvalue weighted by atomic mass is 9.64. The first kappa shape index (κ1) is 32.3. The van der Waals surface area contributed by atoms with E-state index in [0.717, 1.165) is 54.4 Å². The molecule has 2 heteroatoms. The molecule has 214 valence electrons. The molecule has 0 saturated heterocycles. The van der Waals surface area contributed by atoms with Crippen molar-refractivity contribution in [3.05, 3.63) is 57.6 Å². The number of unbranched alkanes of at least 4 members (excludes halogenated alkanes) is 1. The fraction of sp³-hybridized carbons (Fsp3) is 0.667. The van der Waals surface area contributed by atoms with Crippen LogP contribution < -0.4 is 0 Å². The summed E-state index contributed by atoms with van der Waals surface area (Å²) in [7, 11) is 0. The molecule has 0 amide bonds. The summed E-state index contributed by atoms with van der Waals surface area (Å²) < 4.78 is 0. The van der Waals surface area contributed by atoms with E-state index in [-0.39, 0.29) is 27.1 Å². The van der Waals surface area contributed by atoms with Gasteiger partial charge in [-0.05, 0) is 67.9 Å². The van der Waals surface area contributed by atoms with Gasteiger partial charge in [-0.25, -0.2) is 0 Å². The molecule has 0 atom stereocenters. The van der Waals surface area contributed by atoms with Crippen LogP contribution in [0.1, 0.15) is 162 Å². The Morgan fingerprint density at radius 1 is 0.474 bits per heavy atom. The summed E-state index contributed by atoms with van der Waals surface area (Å²) in [5.74, 6) is 0.872. The maximum atomic E-state index is 11.5. The third-order valence-electron chi connectivity index (χ3n) is 8.19. The minimum atomic E-state index is -0.216. The Morgan fingerprint density at radius 2 is 0.763 bits per heavy atom. The van der Waals surface area contributed by atoms with Crippen LogP contribution in [0.5, 0.6) is 11.5 Å². The smallest absolute Gasteiger partial charge is 0.123 e. The summed E-state index contributed by atoms with van der Waals surface area (Å²) >= 11 is 0. The van der Waals surface area contributed by atoms with E-state index in [1.165, 1.54) is 11.1 Å². The monoisotopic (exact) mass is 522 g/mol. The first-order chi connectivity index (χ1) is 17.1. The summed E-state index contributed by atoms with van der Waals surface area (Å²) in [4.78, 5) is 0. The highest BCUT2D eigenvalue weighted by atomic mass is 16.3. The van der Waals surface area contributed by atoms with Gasteiger partial charge in [0.05, 0.1) is 0 Å². The van der Waals surface area contributed by atoms with E-state index >= 15 is 0 Å². The van der Waals surface area contributed by atoms with E-state index in [2.05, 4.69) is 121 Å². The zero-order chi connectivity index (χ0) is 29.5. The van der Waals surface area contributed by atoms with Gasteiger partial charge < -0.3 is 10.2 Å². The Hall–Kier alpha value is -1.96. The van der Waals surface area contributed by atoms with Crippen molar-refractivity contribution < 1.29 is 10.2 Å². The van der Waals surface area contributed by atoms with Crippen molar-refractivity contribution >= 4 is 0 Å². The lowest BCUT2D eigenvalue weighted by Gasteiger charge is -2.40. The standard InChI is InChI=1S/C36H58O2/c1-15-17-19-36(18-16-2,24-20-26(32(3,4)5)30(37)27(21-24)33(6,7)8)25-22-28(34(9,10)11)31(38)29(23-25)35(12,13)14/h20-23,37-38H,15-19H2,1-14H3. The molecular formula is C36H58O2. The maximum absolute atomic E-state index is 11.5. The predicted molar refractivity (Wildman–Crippen MR) is 166 cm³/mol. The van der Waals surface area contributed by atoms with Crippen molar-refractivity contribution in [1.82, 2.24) is 0 Å². The molecule has 0 spiro atoms. The summed E-state index contributed by atoms with van der Waals surface area (Å²) in [6.45, 7) is 30.9. The molecular weight excluding hydrogens is 464 g/mol. The topological polar surface area (TPSA) is 40.5 Å². The lowest BCUT2D eigenvalue weighted by Crippen LogP contribution is -2.31. The van der Waals surface area contributed by atoms with E-state index in [0.29, 0.717) is 11.5 Å². The molecule has 2 aromatic carbocycles. The quantitative estimate of drug-likeness (QED) is 0.379. The zero-order valence-electron chi connectivity index (χ0n) is 27.2. The Bertz CT molecular complexity index is 956. The van der Waals surface area contributed by atoms with E-state index in [1.807, 2.05) is 0 Å². The highest BCUT2D eigenvalue weighted by molar-refractivity contribution is 5.57. The van der Waals surface area contributed by atoms with Crippen LogP contribution in [0.4, 0.5) is 0 Å². The Labute approximate surface area is 235 Å². The van der Waals surface area contributed by atoms with Gasteiger partial charge in [0.2, 0.25) is 0 Å². The number of phenolic OH excluding ortho intramolecular Hbond substituents is 2. The van der Waals surface area contributed by atoms with E-state index in [1.54, 1.807) is 0 Å². The largest absolute Gasteiger partial charge is 0.507 e. The van der Waals surface area contributed by atoms with Gasteiger partial charge in [-0.2, -0.15) is 0 Å². The number of phenols is 2. The fourth-order valence-corrected chi connectivity index (χ4v) is 5.88. The molecule has 0 bridgehead atoms. The summed E-state index contributed by atoms with van der Waals surface area (Å²) in [5, 5.41) is 23.1. The van der Waals surface area contributed by atoms with Crippen molar-refractivity contribution in [2.45, 2.75) is 156 Å². The summed E-state index contributed by atoms with van der Waals surface area (Å²) in [6, 6.07) is 9.21. The lowest BCUT2D eigenvalue weighted by molar-refractivity contribution is 0.394. The molecule has 0 aliphatic rings. The van der Waals surface area contributed by atoms with Crippen molar-refractivity contribution in [2.24, 2.45) is 0 Å². The number of hydrogen-bond donors (Lipinski definition) is 2. The normalized spacial score (nSPS) is 13.7. The van der Waals surface area contributed by atoms with Gasteiger partial charge in [-0.15, -0.1) is 0 Å². The molecule has 0 fully saturated rings. The second-order valence-electron chi connectivity index (χ2n) is 15.8. The van der Waals surface area contributed by atoms with Crippen molar-refractivity contribution in [2.75, 3.05) is 0 Å². The van der Waals surface area contributed by atoms with Crippen molar-refractivity contribution in [3.8, 4) is 11.5 Å². The molecule has 0 heterocycles. The molecule has 0 aliphatic carbocycles. The molecule has 2 rings (SSSR count). The molecule has 38 heavy (non-hydrogen) atoms. The van der Waals surface area contributed by atoms with Crippen LogP contribution in [0.15, 0.2) is 24.3 Å². The second kappa shape index (κ2) is 10.9. The van der Waals surface area contributed by atoms with Gasteiger partial charge in [-0.1, -0.05) is 140 Å². The molecule has 0 saturated carbocycles. The van der Waals surface area contributed by atoms with Crippen LogP contribution in [0.25, 0.3) is 0 Å². The number of hydrogen-bond acceptors (Lipinski definition) is 2. The Kier molecular flexibility index (Phi) is 9.25. The maximum Gasteiger partial charge on any atom is 0.123 e. The zero-order valence-corrected chi connectivity index (χ0v) is 27.2. The molecule has 2 N–H and O–H groups in total. The average molecular weight is 523 g/mol. The van der Waals surface area contributed by atoms with Crippen LogP contribution in [0.3, 0.4) is 0 Å². The SMILES string of the molecule is CCCCC(CCC)(c1cc(C(C)(C)C)c(O)c(C(C)(C)C)c1)c1cc(C(C)(C)C)c(O)c(C(C)(C)C)c1. The molecule has 0 unspecified atom stereocenters. The summed E-state index contributed by atoms with van der Waals surface area (Å²) in [6.07, 6.45) is 5.35. The highest BCUT2D eigenvalue weighted by Crippen LogP contribution is 2.50. The van der Waals surface area contributed by atoms with Gasteiger partial charge in [0.1, 0.15) is 11.5 Å². The van der Waals surface area contributed by atoms with E-state index in [4.69, 9.17) is 0 Å². The van der Waals surface area contributed by atoms with Gasteiger partial charge >= 0.3 is 0 Å². The first-order valence-electron chi connectivity index (χ1n) is 14.9. The summed E-state index contributed by atoms with van der Waals surface area (Å²) in [5.41, 5.74) is 5.69. The van der Waals surface area contributed by atoms with Gasteiger partial charge in [0.15, 0.2) is 0 Å². The molecule has 2 aromatic rings. The van der Waals surface area contributed by atoms with Crippen molar-refractivity contribution in [3.63, 3.8) is 0 Å². The third-order valence-corrected chi connectivity index (χ3v) is 8.19. The highest BCUT2D eigenvalue weighted by Gasteiger charge is 2.39. The van der Waals surface area contributed by atoms with Gasteiger partial charge in [0.25, 0.3) is 0 Å². The van der Waals surface area contributed by atoms with Crippen LogP contribution in [-0.4, -0.2) is 10.2 Å². The number of benzene rings is 2. The van der Waals surface area contributed by atoms with E-state index in [9.17, 15) is 10.2 Å². The minimum absolute atomic E-state index is 0.190. The Balaban J connectivity index is 3.18. The second-order valence-corrected chi connectivity index (χ2v) is 15.8. The average Bonchev–Trinajstić information content (AvgIpc) is 2.73. The van der Waals surface area contributed by atoms with E-state index < -0.39 is 0 Å². The molecule has 2 nitrogen and oxygen atoms in total. The molecule has 0 aliphatic heterocycles. The fourth-order valence-electron chi connectivity index (χ4n) is 5.88. The first-order valence-corrected chi connectivity index (χ1v) is 14.9. The third kappa shape index (κ3) is 6.60. The van der Waals surface area contributed by atoms with Crippen LogP contribution in [0, 0.1) is 0 Å². The molecule has 0 aromatic heterocycles. The minimum Gasteiger partial charge on any atom is -0.507 e. The van der Waals surface area contributed by atoms with Gasteiger partial charge in [0, 0.05) is 5.41 Å². The van der Waals surface area contributed by atoms with Crippen molar-refractivity contribution in [1.29, 1.82) is 0 Å². The Morgan fingerprint density at radius 3 is 0.974 bits per heavy atom. The van der Waals surface area contributed by atoms with Gasteiger partial charge in [-0.3, -0.25) is 0 Å². The number of rotatable bonds is 7. The predicted octanol–water partition coefficient (Wildman–Crippen LogP) is 10.6. The van der Waals surface area contributed by atoms with Crippen LogP contribution >= 0.6 is 0 Å².